The molecule has 1 amide bonds. The topological polar surface area (TPSA) is 106 Å². The molecule has 3 rings (SSSR count). The summed E-state index contributed by atoms with van der Waals surface area (Å²) in [5.74, 6) is 0.309. The summed E-state index contributed by atoms with van der Waals surface area (Å²) in [4.78, 5) is 21.0. The Morgan fingerprint density at radius 2 is 1.91 bits per heavy atom. The number of benzene rings is 1. The lowest BCUT2D eigenvalue weighted by atomic mass is 10.0. The number of anilines is 1. The van der Waals surface area contributed by atoms with E-state index in [-0.39, 0.29) is 40.2 Å². The quantitative estimate of drug-likeness (QED) is 0.711. The van der Waals surface area contributed by atoms with Crippen LogP contribution < -0.4 is 9.46 Å². The molecule has 11 heteroatoms. The van der Waals surface area contributed by atoms with Crippen molar-refractivity contribution in [1.29, 1.82) is 0 Å². The monoisotopic (exact) mass is 479 g/mol. The lowest BCUT2D eigenvalue weighted by molar-refractivity contribution is 0.0150. The van der Waals surface area contributed by atoms with E-state index < -0.39 is 10.0 Å². The fourth-order valence-corrected chi connectivity index (χ4v) is 4.79. The number of sulfonamides is 1. The summed E-state index contributed by atoms with van der Waals surface area (Å²) in [7, 11) is 3.17. The molecular weight excluding hydrogens is 446 g/mol. The summed E-state index contributed by atoms with van der Waals surface area (Å²) in [6.07, 6.45) is 2.66. The lowest BCUT2D eigenvalue weighted by Crippen LogP contribution is -2.45. The number of aromatic nitrogens is 2. The molecule has 1 aliphatic rings. The number of methoxy groups -OCH3 is 1. The summed E-state index contributed by atoms with van der Waals surface area (Å²) in [6, 6.07) is 4.80. The summed E-state index contributed by atoms with van der Waals surface area (Å²) in [5.41, 5.74) is 0.523. The van der Waals surface area contributed by atoms with E-state index >= 15 is 0 Å². The van der Waals surface area contributed by atoms with Crippen LogP contribution in [0.2, 0.25) is 0 Å². The Morgan fingerprint density at radius 1 is 1.18 bits per heavy atom. The molecule has 3 atom stereocenters. The Morgan fingerprint density at radius 3 is 2.55 bits per heavy atom. The highest BCUT2D eigenvalue weighted by Gasteiger charge is 2.27. The van der Waals surface area contributed by atoms with Gasteiger partial charge in [0.05, 0.1) is 18.0 Å². The molecule has 1 aromatic carbocycles. The Hall–Kier alpha value is -2.63. The normalized spacial score (nSPS) is 23.3. The van der Waals surface area contributed by atoms with Crippen LogP contribution in [0.5, 0.6) is 5.75 Å². The van der Waals surface area contributed by atoms with E-state index in [1.165, 1.54) is 18.6 Å². The van der Waals surface area contributed by atoms with Crippen molar-refractivity contribution in [2.75, 3.05) is 45.6 Å². The van der Waals surface area contributed by atoms with Gasteiger partial charge in [0.2, 0.25) is 0 Å². The van der Waals surface area contributed by atoms with Gasteiger partial charge in [-0.1, -0.05) is 6.92 Å². The van der Waals surface area contributed by atoms with Crippen molar-refractivity contribution in [3.63, 3.8) is 0 Å². The van der Waals surface area contributed by atoms with Gasteiger partial charge < -0.3 is 18.9 Å². The predicted octanol–water partition coefficient (Wildman–Crippen LogP) is 1.66. The second-order valence-electron chi connectivity index (χ2n) is 8.73. The molecule has 2 heterocycles. The highest BCUT2D eigenvalue weighted by molar-refractivity contribution is 7.92. The molecule has 10 nitrogen and oxygen atoms in total. The number of hydrogen-bond donors (Lipinski definition) is 1. The van der Waals surface area contributed by atoms with E-state index in [4.69, 9.17) is 9.47 Å². The summed E-state index contributed by atoms with van der Waals surface area (Å²) >= 11 is 0. The van der Waals surface area contributed by atoms with Gasteiger partial charge >= 0.3 is 0 Å². The zero-order valence-electron chi connectivity index (χ0n) is 20.0. The van der Waals surface area contributed by atoms with Gasteiger partial charge in [-0.25, -0.2) is 4.98 Å². The average Bonchev–Trinajstić information content (AvgIpc) is 3.21. The Kier molecular flexibility index (Phi) is 7.65. The molecule has 1 N–H and O–H groups in total. The number of rotatable bonds is 4. The third kappa shape index (κ3) is 5.84. The van der Waals surface area contributed by atoms with Crippen molar-refractivity contribution in [2.24, 2.45) is 13.0 Å². The van der Waals surface area contributed by atoms with E-state index in [2.05, 4.69) is 28.5 Å². The molecule has 0 bridgehead atoms. The molecule has 0 aliphatic carbocycles. The van der Waals surface area contributed by atoms with Gasteiger partial charge in [0.1, 0.15) is 12.4 Å². The van der Waals surface area contributed by atoms with Crippen LogP contribution >= 0.6 is 0 Å². The molecule has 0 unspecified atom stereocenters. The summed E-state index contributed by atoms with van der Waals surface area (Å²) < 4.78 is 41.1. The number of ether oxygens (including phenoxy) is 2. The second-order valence-corrected chi connectivity index (χ2v) is 10.4. The van der Waals surface area contributed by atoms with Crippen LogP contribution in [0.25, 0.3) is 0 Å². The molecule has 1 aliphatic heterocycles. The lowest BCUT2D eigenvalue weighted by Gasteiger charge is -2.34. The van der Waals surface area contributed by atoms with Gasteiger partial charge in [-0.15, -0.1) is 0 Å². The van der Waals surface area contributed by atoms with Gasteiger partial charge in [-0.3, -0.25) is 14.4 Å². The number of amides is 1. The molecule has 2 aromatic rings. The molecular formula is C22H33N5O5S. The molecule has 0 saturated heterocycles. The van der Waals surface area contributed by atoms with Crippen molar-refractivity contribution in [2.45, 2.75) is 31.0 Å². The smallest absolute Gasteiger partial charge is 0.280 e. The Balaban J connectivity index is 1.95. The molecule has 0 fully saturated rings. The van der Waals surface area contributed by atoms with E-state index in [1.807, 2.05) is 7.05 Å². The molecule has 0 saturated carbocycles. The molecule has 0 radical (unpaired) electrons. The SMILES string of the molecule is CO[C@H]1CN(C)C(=O)c2cc(NS(=O)(=O)c3cn(C)cn3)ccc2OC[C@@H](C)N(C)C[C@@H]1C. The maximum atomic E-state index is 13.3. The summed E-state index contributed by atoms with van der Waals surface area (Å²) in [5, 5.41) is -0.105. The third-order valence-electron chi connectivity index (χ3n) is 5.97. The zero-order chi connectivity index (χ0) is 24.3. The number of nitrogens with one attached hydrogen (secondary N) is 1. The fourth-order valence-electron chi connectivity index (χ4n) is 3.76. The van der Waals surface area contributed by atoms with Crippen LogP contribution in [0, 0.1) is 5.92 Å². The maximum Gasteiger partial charge on any atom is 0.280 e. The number of hydrogen-bond acceptors (Lipinski definition) is 7. The van der Waals surface area contributed by atoms with E-state index in [0.717, 1.165) is 6.54 Å². The fraction of sp³-hybridized carbons (Fsp3) is 0.545. The van der Waals surface area contributed by atoms with Gasteiger partial charge in [0.15, 0.2) is 5.03 Å². The third-order valence-corrected chi connectivity index (χ3v) is 7.23. The van der Waals surface area contributed by atoms with Crippen LogP contribution in [-0.4, -0.2) is 86.7 Å². The van der Waals surface area contributed by atoms with Crippen LogP contribution in [0.3, 0.4) is 0 Å². The van der Waals surface area contributed by atoms with Crippen LogP contribution in [-0.2, 0) is 21.8 Å². The second kappa shape index (κ2) is 10.1. The highest BCUT2D eigenvalue weighted by Crippen LogP contribution is 2.27. The maximum absolute atomic E-state index is 13.3. The standard InChI is InChI=1S/C22H33N5O5S/c1-15-10-26(4)16(2)13-32-19-8-7-17(24-33(29,30)21-12-25(3)14-23-21)9-18(19)22(28)27(5)11-20(15)31-6/h7-9,12,14-16,20,24H,10-11,13H2,1-6H3/t15-,16+,20-/m0/s1. The van der Waals surface area contributed by atoms with Crippen LogP contribution in [0.4, 0.5) is 5.69 Å². The number of carbonyl (C=O) groups excluding carboxylic acids is 1. The van der Waals surface area contributed by atoms with E-state index in [1.54, 1.807) is 42.8 Å². The van der Waals surface area contributed by atoms with Crippen LogP contribution in [0.15, 0.2) is 35.7 Å². The minimum Gasteiger partial charge on any atom is -0.491 e. The van der Waals surface area contributed by atoms with Gasteiger partial charge in [-0.05, 0) is 38.1 Å². The number of nitrogens with zero attached hydrogens (tertiary/aromatic N) is 4. The number of imidazole rings is 1. The van der Waals surface area contributed by atoms with Gasteiger partial charge in [0.25, 0.3) is 15.9 Å². The van der Waals surface area contributed by atoms with Crippen molar-refractivity contribution >= 4 is 21.6 Å². The largest absolute Gasteiger partial charge is 0.491 e. The van der Waals surface area contributed by atoms with Crippen molar-refractivity contribution in [1.82, 2.24) is 19.4 Å². The molecule has 0 spiro atoms. The van der Waals surface area contributed by atoms with Gasteiger partial charge in [-0.2, -0.15) is 8.42 Å². The number of aryl methyl sites for hydroxylation is 1. The molecule has 33 heavy (non-hydrogen) atoms. The molecule has 1 aromatic heterocycles. The summed E-state index contributed by atoms with van der Waals surface area (Å²) in [6.45, 7) is 5.72. The van der Waals surface area contributed by atoms with Crippen molar-refractivity contribution in [3.05, 3.63) is 36.3 Å². The minimum atomic E-state index is -3.90. The first-order valence-corrected chi connectivity index (χ1v) is 12.3. The number of carbonyl (C=O) groups is 1. The first-order valence-electron chi connectivity index (χ1n) is 10.8. The van der Waals surface area contributed by atoms with E-state index in [9.17, 15) is 13.2 Å². The van der Waals surface area contributed by atoms with Crippen LogP contribution in [0.1, 0.15) is 24.2 Å². The number of likely N-dealkylation sites (N-methyl/N-ethyl adjacent to an activating group) is 2. The predicted molar refractivity (Wildman–Crippen MR) is 125 cm³/mol. The van der Waals surface area contributed by atoms with E-state index in [0.29, 0.717) is 18.9 Å². The zero-order valence-corrected chi connectivity index (χ0v) is 20.8. The van der Waals surface area contributed by atoms with Gasteiger partial charge in [0, 0.05) is 52.2 Å². The average molecular weight is 480 g/mol. The Labute approximate surface area is 195 Å². The van der Waals surface area contributed by atoms with Crippen molar-refractivity contribution < 1.29 is 22.7 Å². The Bertz CT molecular complexity index is 1090. The van der Waals surface area contributed by atoms with Crippen molar-refractivity contribution in [3.8, 4) is 5.75 Å². The first kappa shape index (κ1) is 25.0. The number of fused-ring (bicyclic) bond motifs is 1. The highest BCUT2D eigenvalue weighted by atomic mass is 32.2. The first-order chi connectivity index (χ1) is 15.5. The molecule has 182 valence electrons. The minimum absolute atomic E-state index is 0.104.